The Bertz CT molecular complexity index is 823. The molecule has 116 valence electrons. The smallest absolute Gasteiger partial charge is 0.220 e. The molecule has 2 nitrogen and oxygen atoms in total. The maximum Gasteiger partial charge on any atom is 0.220 e. The Labute approximate surface area is 135 Å². The second-order valence-corrected chi connectivity index (χ2v) is 5.51. The number of aryl methyl sites for hydroxylation is 1. The Morgan fingerprint density at radius 1 is 0.870 bits per heavy atom. The van der Waals surface area contributed by atoms with Crippen molar-refractivity contribution >= 4 is 16.7 Å². The molecule has 0 fully saturated rings. The third-order valence-electron chi connectivity index (χ3n) is 3.94. The van der Waals surface area contributed by atoms with Gasteiger partial charge < -0.3 is 5.32 Å². The fraction of sp³-hybridized carbons (Fsp3) is 0.150. The van der Waals surface area contributed by atoms with Gasteiger partial charge in [0, 0.05) is 13.0 Å². The molecule has 3 rings (SSSR count). The predicted octanol–water partition coefficient (Wildman–Crippen LogP) is 4.23. The molecule has 1 N–H and O–H groups in total. The van der Waals surface area contributed by atoms with E-state index in [9.17, 15) is 9.18 Å². The van der Waals surface area contributed by atoms with Crippen LogP contribution < -0.4 is 5.32 Å². The van der Waals surface area contributed by atoms with Crippen molar-refractivity contribution in [1.29, 1.82) is 0 Å². The second-order valence-electron chi connectivity index (χ2n) is 5.51. The molecule has 3 heteroatoms. The van der Waals surface area contributed by atoms with Crippen LogP contribution in [0, 0.1) is 5.82 Å². The van der Waals surface area contributed by atoms with Gasteiger partial charge in [0.1, 0.15) is 5.82 Å². The van der Waals surface area contributed by atoms with Crippen LogP contribution in [-0.2, 0) is 17.8 Å². The highest BCUT2D eigenvalue weighted by atomic mass is 19.1. The van der Waals surface area contributed by atoms with Gasteiger partial charge in [0.15, 0.2) is 0 Å². The monoisotopic (exact) mass is 307 g/mol. The van der Waals surface area contributed by atoms with Crippen molar-refractivity contribution < 1.29 is 9.18 Å². The summed E-state index contributed by atoms with van der Waals surface area (Å²) in [6.45, 7) is 0.484. The van der Waals surface area contributed by atoms with E-state index in [1.807, 2.05) is 24.3 Å². The molecule has 3 aromatic rings. The molecule has 0 saturated heterocycles. The maximum absolute atomic E-state index is 13.5. The molecule has 0 unspecified atom stereocenters. The predicted molar refractivity (Wildman–Crippen MR) is 90.5 cm³/mol. The van der Waals surface area contributed by atoms with Gasteiger partial charge in [0.05, 0.1) is 0 Å². The summed E-state index contributed by atoms with van der Waals surface area (Å²) in [5.74, 6) is -0.324. The van der Waals surface area contributed by atoms with Gasteiger partial charge in [-0.05, 0) is 34.4 Å². The average Bonchev–Trinajstić information content (AvgIpc) is 2.59. The lowest BCUT2D eigenvalue weighted by molar-refractivity contribution is -0.121. The largest absolute Gasteiger partial charge is 0.352 e. The molecule has 3 aromatic carbocycles. The Balaban J connectivity index is 1.59. The zero-order chi connectivity index (χ0) is 16.1. The quantitative estimate of drug-likeness (QED) is 0.751. The molecule has 1 amide bonds. The van der Waals surface area contributed by atoms with E-state index in [0.29, 0.717) is 18.5 Å². The van der Waals surface area contributed by atoms with Crippen LogP contribution in [0.25, 0.3) is 10.8 Å². The third kappa shape index (κ3) is 3.75. The highest BCUT2D eigenvalue weighted by molar-refractivity contribution is 5.86. The third-order valence-corrected chi connectivity index (χ3v) is 3.94. The summed E-state index contributed by atoms with van der Waals surface area (Å²) >= 11 is 0. The molecule has 0 aromatic heterocycles. The van der Waals surface area contributed by atoms with Crippen LogP contribution >= 0.6 is 0 Å². The van der Waals surface area contributed by atoms with Crippen molar-refractivity contribution in [2.45, 2.75) is 19.4 Å². The lowest BCUT2D eigenvalue weighted by Crippen LogP contribution is -2.23. The average molecular weight is 307 g/mol. The van der Waals surface area contributed by atoms with Gasteiger partial charge in [-0.2, -0.15) is 0 Å². The Hall–Kier alpha value is -2.68. The molecule has 0 aliphatic rings. The van der Waals surface area contributed by atoms with E-state index in [4.69, 9.17) is 0 Å². The van der Waals surface area contributed by atoms with E-state index in [0.717, 1.165) is 16.3 Å². The number of carbonyl (C=O) groups excluding carboxylic acids is 1. The SMILES string of the molecule is O=C(CCc1ccccc1F)NCc1cccc2ccccc12. The van der Waals surface area contributed by atoms with Crippen molar-refractivity contribution in [2.24, 2.45) is 0 Å². The summed E-state index contributed by atoms with van der Waals surface area (Å²) in [5.41, 5.74) is 1.66. The molecule has 0 radical (unpaired) electrons. The van der Waals surface area contributed by atoms with Crippen molar-refractivity contribution in [2.75, 3.05) is 0 Å². The Kier molecular flexibility index (Phi) is 4.67. The highest BCUT2D eigenvalue weighted by Crippen LogP contribution is 2.18. The van der Waals surface area contributed by atoms with Gasteiger partial charge in [-0.25, -0.2) is 4.39 Å². The molecule has 0 aliphatic carbocycles. The highest BCUT2D eigenvalue weighted by Gasteiger charge is 2.06. The fourth-order valence-electron chi connectivity index (χ4n) is 2.68. The minimum absolute atomic E-state index is 0.0683. The normalized spacial score (nSPS) is 10.7. The van der Waals surface area contributed by atoms with Crippen molar-refractivity contribution in [3.63, 3.8) is 0 Å². The van der Waals surface area contributed by atoms with Gasteiger partial charge in [-0.3, -0.25) is 4.79 Å². The summed E-state index contributed by atoms with van der Waals surface area (Å²) in [6, 6.07) is 20.7. The van der Waals surface area contributed by atoms with Gasteiger partial charge in [-0.1, -0.05) is 60.7 Å². The van der Waals surface area contributed by atoms with Crippen molar-refractivity contribution in [3.8, 4) is 0 Å². The van der Waals surface area contributed by atoms with E-state index < -0.39 is 0 Å². The lowest BCUT2D eigenvalue weighted by atomic mass is 10.0. The molecule has 0 aliphatic heterocycles. The van der Waals surface area contributed by atoms with E-state index in [1.165, 1.54) is 6.07 Å². The minimum Gasteiger partial charge on any atom is -0.352 e. The Morgan fingerprint density at radius 3 is 2.43 bits per heavy atom. The fourth-order valence-corrected chi connectivity index (χ4v) is 2.68. The standard InChI is InChI=1S/C20H18FNO/c21-19-11-4-2-7-16(19)12-13-20(23)22-14-17-9-5-8-15-6-1-3-10-18(15)17/h1-11H,12-14H2,(H,22,23). The van der Waals surface area contributed by atoms with Crippen LogP contribution in [0.1, 0.15) is 17.5 Å². The molecule has 0 atom stereocenters. The number of hydrogen-bond acceptors (Lipinski definition) is 1. The number of hydrogen-bond donors (Lipinski definition) is 1. The summed E-state index contributed by atoms with van der Waals surface area (Å²) in [7, 11) is 0. The minimum atomic E-state index is -0.255. The van der Waals surface area contributed by atoms with Crippen LogP contribution in [0.5, 0.6) is 0 Å². The first-order valence-corrected chi connectivity index (χ1v) is 7.71. The first kappa shape index (κ1) is 15.2. The van der Waals surface area contributed by atoms with E-state index >= 15 is 0 Å². The molecule has 23 heavy (non-hydrogen) atoms. The van der Waals surface area contributed by atoms with E-state index in [-0.39, 0.29) is 18.1 Å². The number of halogens is 1. The zero-order valence-electron chi connectivity index (χ0n) is 12.8. The number of amides is 1. The number of carbonyl (C=O) groups is 1. The number of rotatable bonds is 5. The van der Waals surface area contributed by atoms with Gasteiger partial charge >= 0.3 is 0 Å². The van der Waals surface area contributed by atoms with Gasteiger partial charge in [-0.15, -0.1) is 0 Å². The Morgan fingerprint density at radius 2 is 1.57 bits per heavy atom. The number of benzene rings is 3. The molecule has 0 spiro atoms. The first-order valence-electron chi connectivity index (χ1n) is 7.71. The van der Waals surface area contributed by atoms with Crippen LogP contribution in [-0.4, -0.2) is 5.91 Å². The van der Waals surface area contributed by atoms with Gasteiger partial charge in [0.25, 0.3) is 0 Å². The topological polar surface area (TPSA) is 29.1 Å². The summed E-state index contributed by atoms with van der Waals surface area (Å²) in [4.78, 5) is 12.0. The summed E-state index contributed by atoms with van der Waals surface area (Å²) in [6.07, 6.45) is 0.694. The first-order chi connectivity index (χ1) is 11.2. The van der Waals surface area contributed by atoms with Crippen molar-refractivity contribution in [1.82, 2.24) is 5.32 Å². The number of nitrogens with one attached hydrogen (secondary N) is 1. The molecule has 0 heterocycles. The summed E-state index contributed by atoms with van der Waals surface area (Å²) in [5, 5.41) is 5.22. The molecule has 0 bridgehead atoms. The van der Waals surface area contributed by atoms with E-state index in [1.54, 1.807) is 18.2 Å². The van der Waals surface area contributed by atoms with Crippen LogP contribution in [0.4, 0.5) is 4.39 Å². The molecule has 0 saturated carbocycles. The van der Waals surface area contributed by atoms with Crippen LogP contribution in [0.2, 0.25) is 0 Å². The summed E-state index contributed by atoms with van der Waals surface area (Å²) < 4.78 is 13.5. The van der Waals surface area contributed by atoms with Crippen LogP contribution in [0.3, 0.4) is 0 Å². The number of fused-ring (bicyclic) bond motifs is 1. The van der Waals surface area contributed by atoms with Crippen LogP contribution in [0.15, 0.2) is 66.7 Å². The molecular formula is C20H18FNO. The molecular weight excluding hydrogens is 289 g/mol. The van der Waals surface area contributed by atoms with E-state index in [2.05, 4.69) is 23.5 Å². The lowest BCUT2D eigenvalue weighted by Gasteiger charge is -2.09. The zero-order valence-corrected chi connectivity index (χ0v) is 12.8. The maximum atomic E-state index is 13.5. The van der Waals surface area contributed by atoms with Gasteiger partial charge in [0.2, 0.25) is 5.91 Å². The second kappa shape index (κ2) is 7.05. The van der Waals surface area contributed by atoms with Crippen molar-refractivity contribution in [3.05, 3.63) is 83.7 Å².